The van der Waals surface area contributed by atoms with E-state index in [9.17, 15) is 4.79 Å². The van der Waals surface area contributed by atoms with Gasteiger partial charge in [0.15, 0.2) is 0 Å². The highest BCUT2D eigenvalue weighted by molar-refractivity contribution is 9.10. The fraction of sp³-hybridized carbons (Fsp3) is 0.100. The van der Waals surface area contributed by atoms with Crippen LogP contribution in [0.4, 0.5) is 0 Å². The first-order valence-electron chi connectivity index (χ1n) is 4.01. The third-order valence-electron chi connectivity index (χ3n) is 2.11. The Morgan fingerprint density at radius 2 is 2.21 bits per heavy atom. The Labute approximate surface area is 88.5 Å². The minimum absolute atomic E-state index is 0.0267. The number of rotatable bonds is 1. The molecular weight excluding hydrogens is 248 g/mol. The lowest BCUT2D eigenvalue weighted by Gasteiger charge is -1.96. The molecule has 14 heavy (non-hydrogen) atoms. The molecule has 0 saturated heterocycles. The predicted molar refractivity (Wildman–Crippen MR) is 55.6 cm³/mol. The molecule has 0 saturated carbocycles. The molecule has 2 rings (SSSR count). The highest BCUT2D eigenvalue weighted by Crippen LogP contribution is 2.28. The van der Waals surface area contributed by atoms with Crippen molar-refractivity contribution in [1.82, 2.24) is 0 Å². The van der Waals surface area contributed by atoms with Crippen LogP contribution in [0, 0.1) is 6.92 Å². The highest BCUT2D eigenvalue weighted by atomic mass is 79.9. The Kier molecular flexibility index (Phi) is 2.07. The van der Waals surface area contributed by atoms with Crippen molar-refractivity contribution in [3.05, 3.63) is 34.0 Å². The van der Waals surface area contributed by atoms with Gasteiger partial charge in [-0.3, -0.25) is 0 Å². The lowest BCUT2D eigenvalue weighted by Crippen LogP contribution is -1.91. The van der Waals surface area contributed by atoms with Crippen LogP contribution in [0.5, 0.6) is 0 Å². The van der Waals surface area contributed by atoms with E-state index in [1.165, 1.54) is 6.07 Å². The molecule has 2 aromatic rings. The van der Waals surface area contributed by atoms with Crippen LogP contribution >= 0.6 is 15.9 Å². The number of carbonyl (C=O) groups is 1. The second kappa shape index (κ2) is 3.13. The topological polar surface area (TPSA) is 50.4 Å². The molecule has 0 aliphatic carbocycles. The van der Waals surface area contributed by atoms with Crippen molar-refractivity contribution in [3.63, 3.8) is 0 Å². The van der Waals surface area contributed by atoms with E-state index in [2.05, 4.69) is 15.9 Å². The SMILES string of the molecule is Cc1c(Br)ccc2oc(C(=O)O)cc12. The molecule has 1 aromatic heterocycles. The summed E-state index contributed by atoms with van der Waals surface area (Å²) < 4.78 is 6.09. The van der Waals surface area contributed by atoms with Gasteiger partial charge in [-0.1, -0.05) is 15.9 Å². The summed E-state index contributed by atoms with van der Waals surface area (Å²) in [5.41, 5.74) is 1.59. The molecule has 1 heterocycles. The number of hydrogen-bond donors (Lipinski definition) is 1. The van der Waals surface area contributed by atoms with Crippen LogP contribution in [-0.4, -0.2) is 11.1 Å². The van der Waals surface area contributed by atoms with Gasteiger partial charge >= 0.3 is 5.97 Å². The molecule has 0 spiro atoms. The van der Waals surface area contributed by atoms with E-state index in [0.717, 1.165) is 15.4 Å². The van der Waals surface area contributed by atoms with Crippen LogP contribution in [0.15, 0.2) is 27.1 Å². The standard InChI is InChI=1S/C10H7BrO3/c1-5-6-4-9(10(12)13)14-8(6)3-2-7(5)11/h2-4H,1H3,(H,12,13). The van der Waals surface area contributed by atoms with Crippen molar-refractivity contribution in [2.24, 2.45) is 0 Å². The first-order valence-corrected chi connectivity index (χ1v) is 4.81. The first kappa shape index (κ1) is 9.27. The first-order chi connectivity index (χ1) is 6.59. The summed E-state index contributed by atoms with van der Waals surface area (Å²) in [6.07, 6.45) is 0. The lowest BCUT2D eigenvalue weighted by molar-refractivity contribution is 0.0665. The van der Waals surface area contributed by atoms with E-state index in [1.54, 1.807) is 6.07 Å². The summed E-state index contributed by atoms with van der Waals surface area (Å²) in [5.74, 6) is -1.07. The minimum atomic E-state index is -1.04. The number of furan rings is 1. The van der Waals surface area contributed by atoms with Gasteiger partial charge < -0.3 is 9.52 Å². The molecule has 1 N–H and O–H groups in total. The zero-order chi connectivity index (χ0) is 10.3. The molecule has 1 aromatic carbocycles. The van der Waals surface area contributed by atoms with Gasteiger partial charge in [-0.25, -0.2) is 4.79 Å². The molecule has 0 atom stereocenters. The third kappa shape index (κ3) is 1.32. The summed E-state index contributed by atoms with van der Waals surface area (Å²) in [5, 5.41) is 9.57. The van der Waals surface area contributed by atoms with Crippen molar-refractivity contribution < 1.29 is 14.3 Å². The number of aryl methyl sites for hydroxylation is 1. The van der Waals surface area contributed by atoms with E-state index in [4.69, 9.17) is 9.52 Å². The van der Waals surface area contributed by atoms with E-state index in [-0.39, 0.29) is 5.76 Å². The van der Waals surface area contributed by atoms with Gasteiger partial charge in [0.25, 0.3) is 0 Å². The maximum atomic E-state index is 10.7. The number of benzene rings is 1. The predicted octanol–water partition coefficient (Wildman–Crippen LogP) is 3.20. The van der Waals surface area contributed by atoms with Crippen LogP contribution in [0.3, 0.4) is 0 Å². The molecule has 0 radical (unpaired) electrons. The highest BCUT2D eigenvalue weighted by Gasteiger charge is 2.12. The minimum Gasteiger partial charge on any atom is -0.475 e. The maximum absolute atomic E-state index is 10.7. The van der Waals surface area contributed by atoms with Gasteiger partial charge in [0.2, 0.25) is 5.76 Å². The van der Waals surface area contributed by atoms with Gasteiger partial charge in [0.05, 0.1) is 0 Å². The summed E-state index contributed by atoms with van der Waals surface area (Å²) >= 11 is 3.37. The number of carboxylic acids is 1. The number of halogens is 1. The number of hydrogen-bond acceptors (Lipinski definition) is 2. The molecule has 0 aliphatic rings. The van der Waals surface area contributed by atoms with Gasteiger partial charge in [-0.15, -0.1) is 0 Å². The van der Waals surface area contributed by atoms with Gasteiger partial charge in [-0.05, 0) is 30.7 Å². The molecular formula is C10H7BrO3. The monoisotopic (exact) mass is 254 g/mol. The fourth-order valence-corrected chi connectivity index (χ4v) is 1.68. The largest absolute Gasteiger partial charge is 0.475 e. The Morgan fingerprint density at radius 3 is 2.86 bits per heavy atom. The fourth-order valence-electron chi connectivity index (χ4n) is 1.33. The van der Waals surface area contributed by atoms with Crippen LogP contribution < -0.4 is 0 Å². The van der Waals surface area contributed by atoms with Gasteiger partial charge in [-0.2, -0.15) is 0 Å². The Bertz CT molecular complexity index is 513. The number of aromatic carboxylic acids is 1. The molecule has 0 amide bonds. The van der Waals surface area contributed by atoms with Crippen molar-refractivity contribution in [2.45, 2.75) is 6.92 Å². The average Bonchev–Trinajstić information content (AvgIpc) is 2.56. The van der Waals surface area contributed by atoms with Gasteiger partial charge in [0.1, 0.15) is 5.58 Å². The summed E-state index contributed by atoms with van der Waals surface area (Å²) in [7, 11) is 0. The van der Waals surface area contributed by atoms with Crippen LogP contribution in [0.2, 0.25) is 0 Å². The zero-order valence-electron chi connectivity index (χ0n) is 7.37. The van der Waals surface area contributed by atoms with Crippen LogP contribution in [0.25, 0.3) is 11.0 Å². The van der Waals surface area contributed by atoms with E-state index in [1.807, 2.05) is 13.0 Å². The van der Waals surface area contributed by atoms with Crippen molar-refractivity contribution >= 4 is 32.9 Å². The van der Waals surface area contributed by atoms with E-state index in [0.29, 0.717) is 5.58 Å². The molecule has 0 bridgehead atoms. The third-order valence-corrected chi connectivity index (χ3v) is 2.97. The quantitative estimate of drug-likeness (QED) is 0.851. The normalized spacial score (nSPS) is 10.7. The molecule has 0 aliphatic heterocycles. The van der Waals surface area contributed by atoms with E-state index >= 15 is 0 Å². The summed E-state index contributed by atoms with van der Waals surface area (Å²) in [6, 6.07) is 5.13. The van der Waals surface area contributed by atoms with Crippen molar-refractivity contribution in [3.8, 4) is 0 Å². The summed E-state index contributed by atoms with van der Waals surface area (Å²) in [4.78, 5) is 10.7. The average molecular weight is 255 g/mol. The maximum Gasteiger partial charge on any atom is 0.371 e. The van der Waals surface area contributed by atoms with Crippen LogP contribution in [0.1, 0.15) is 16.1 Å². The molecule has 0 fully saturated rings. The second-order valence-electron chi connectivity index (χ2n) is 3.00. The Morgan fingerprint density at radius 1 is 1.50 bits per heavy atom. The Hall–Kier alpha value is -1.29. The van der Waals surface area contributed by atoms with Crippen molar-refractivity contribution in [2.75, 3.05) is 0 Å². The van der Waals surface area contributed by atoms with Crippen LogP contribution in [-0.2, 0) is 0 Å². The zero-order valence-corrected chi connectivity index (χ0v) is 8.96. The number of carboxylic acid groups (broad SMARTS) is 1. The number of fused-ring (bicyclic) bond motifs is 1. The Balaban J connectivity index is 2.77. The molecule has 72 valence electrons. The van der Waals surface area contributed by atoms with Gasteiger partial charge in [0, 0.05) is 9.86 Å². The van der Waals surface area contributed by atoms with Crippen molar-refractivity contribution in [1.29, 1.82) is 0 Å². The molecule has 3 nitrogen and oxygen atoms in total. The molecule has 0 unspecified atom stereocenters. The smallest absolute Gasteiger partial charge is 0.371 e. The summed E-state index contributed by atoms with van der Waals surface area (Å²) in [6.45, 7) is 1.91. The molecule has 4 heteroatoms. The lowest BCUT2D eigenvalue weighted by atomic mass is 10.1. The van der Waals surface area contributed by atoms with E-state index < -0.39 is 5.97 Å². The second-order valence-corrected chi connectivity index (χ2v) is 3.85.